The number of alkyl halides is 3. The first-order chi connectivity index (χ1) is 12.0. The quantitative estimate of drug-likeness (QED) is 0.770. The Balaban J connectivity index is 0.000000412. The van der Waals surface area contributed by atoms with Crippen LogP contribution in [0.1, 0.15) is 25.0 Å². The summed E-state index contributed by atoms with van der Waals surface area (Å²) in [5.74, 6) is -2.59. The third-order valence-electron chi connectivity index (χ3n) is 3.87. The third-order valence-corrected chi connectivity index (χ3v) is 3.87. The SMILES string of the molecule is CC(C)[C@H](N)C(O)(c1ccccc1)c1ccccc1.O=C(O)C(F)(F)F. The monoisotopic (exact) mass is 369 g/mol. The predicted molar refractivity (Wildman–Crippen MR) is 92.4 cm³/mol. The molecule has 0 fully saturated rings. The Bertz CT molecular complexity index is 649. The van der Waals surface area contributed by atoms with Gasteiger partial charge in [0.25, 0.3) is 0 Å². The maximum Gasteiger partial charge on any atom is 0.490 e. The summed E-state index contributed by atoms with van der Waals surface area (Å²) in [6, 6.07) is 18.9. The topological polar surface area (TPSA) is 83.5 Å². The van der Waals surface area contributed by atoms with Gasteiger partial charge >= 0.3 is 12.1 Å². The minimum atomic E-state index is -5.08. The molecule has 7 heteroatoms. The molecule has 2 rings (SSSR count). The molecule has 142 valence electrons. The second-order valence-electron chi connectivity index (χ2n) is 6.07. The average Bonchev–Trinajstić information content (AvgIpc) is 2.61. The number of carboxylic acid groups (broad SMARTS) is 1. The normalized spacial score (nSPS) is 12.9. The minimum Gasteiger partial charge on any atom is -0.475 e. The number of nitrogens with two attached hydrogens (primary N) is 1. The van der Waals surface area contributed by atoms with Crippen LogP contribution in [0.25, 0.3) is 0 Å². The first-order valence-electron chi connectivity index (χ1n) is 7.90. The van der Waals surface area contributed by atoms with Crippen molar-refractivity contribution in [1.29, 1.82) is 0 Å². The molecule has 0 spiro atoms. The van der Waals surface area contributed by atoms with Crippen LogP contribution in [0.5, 0.6) is 0 Å². The van der Waals surface area contributed by atoms with Crippen molar-refractivity contribution >= 4 is 5.97 Å². The summed E-state index contributed by atoms with van der Waals surface area (Å²) < 4.78 is 31.7. The van der Waals surface area contributed by atoms with Crippen LogP contribution in [0.2, 0.25) is 0 Å². The van der Waals surface area contributed by atoms with E-state index in [2.05, 4.69) is 0 Å². The van der Waals surface area contributed by atoms with Crippen LogP contribution in [0.3, 0.4) is 0 Å². The molecule has 4 N–H and O–H groups in total. The molecule has 0 bridgehead atoms. The fourth-order valence-corrected chi connectivity index (χ4v) is 2.42. The van der Waals surface area contributed by atoms with E-state index < -0.39 is 17.7 Å². The van der Waals surface area contributed by atoms with Gasteiger partial charge < -0.3 is 15.9 Å². The zero-order valence-corrected chi connectivity index (χ0v) is 14.4. The van der Waals surface area contributed by atoms with Gasteiger partial charge in [-0.25, -0.2) is 4.79 Å². The summed E-state index contributed by atoms with van der Waals surface area (Å²) in [7, 11) is 0. The van der Waals surface area contributed by atoms with Crippen LogP contribution in [0.4, 0.5) is 13.2 Å². The fraction of sp³-hybridized carbons (Fsp3) is 0.316. The Morgan fingerprint density at radius 1 is 0.923 bits per heavy atom. The Morgan fingerprint density at radius 2 is 1.23 bits per heavy atom. The molecule has 4 nitrogen and oxygen atoms in total. The molecule has 0 aliphatic heterocycles. The average molecular weight is 369 g/mol. The van der Waals surface area contributed by atoms with E-state index in [0.717, 1.165) is 11.1 Å². The van der Waals surface area contributed by atoms with Crippen LogP contribution in [0, 0.1) is 5.92 Å². The molecule has 0 saturated carbocycles. The van der Waals surface area contributed by atoms with Gasteiger partial charge in [-0.05, 0) is 17.0 Å². The van der Waals surface area contributed by atoms with E-state index in [4.69, 9.17) is 15.6 Å². The maximum absolute atomic E-state index is 11.3. The summed E-state index contributed by atoms with van der Waals surface area (Å²) >= 11 is 0. The van der Waals surface area contributed by atoms with Gasteiger partial charge in [0.05, 0.1) is 0 Å². The van der Waals surface area contributed by atoms with E-state index in [0.29, 0.717) is 0 Å². The van der Waals surface area contributed by atoms with Crippen molar-refractivity contribution in [3.63, 3.8) is 0 Å². The van der Waals surface area contributed by atoms with Gasteiger partial charge in [-0.15, -0.1) is 0 Å². The van der Waals surface area contributed by atoms with Crippen molar-refractivity contribution in [3.8, 4) is 0 Å². The van der Waals surface area contributed by atoms with Crippen LogP contribution in [-0.2, 0) is 10.4 Å². The molecule has 0 aliphatic carbocycles. The molecule has 1 atom stereocenters. The lowest BCUT2D eigenvalue weighted by atomic mass is 9.76. The molecule has 0 radical (unpaired) electrons. The molecule has 0 aliphatic rings. The smallest absolute Gasteiger partial charge is 0.475 e. The summed E-state index contributed by atoms with van der Waals surface area (Å²) in [5.41, 5.74) is 6.82. The highest BCUT2D eigenvalue weighted by Crippen LogP contribution is 2.34. The molecule has 2 aromatic rings. The van der Waals surface area contributed by atoms with Crippen LogP contribution < -0.4 is 5.73 Å². The zero-order valence-electron chi connectivity index (χ0n) is 14.4. The van der Waals surface area contributed by atoms with Crippen molar-refractivity contribution in [2.45, 2.75) is 31.7 Å². The molecule has 0 saturated heterocycles. The van der Waals surface area contributed by atoms with Crippen molar-refractivity contribution in [2.75, 3.05) is 0 Å². The molecule has 0 aromatic heterocycles. The third kappa shape index (κ3) is 5.31. The highest BCUT2D eigenvalue weighted by atomic mass is 19.4. The standard InChI is InChI=1S/C17H21NO.C2HF3O2/c1-13(2)16(18)17(19,14-9-5-3-6-10-14)15-11-7-4-8-12-15;3-2(4,5)1(6)7/h3-13,16,19H,18H2,1-2H3;(H,6,7)/t16-;/m0./s1. The van der Waals surface area contributed by atoms with E-state index in [-0.39, 0.29) is 12.0 Å². The maximum atomic E-state index is 11.3. The Hall–Kier alpha value is -2.38. The summed E-state index contributed by atoms with van der Waals surface area (Å²) in [4.78, 5) is 8.90. The first kappa shape index (κ1) is 21.7. The fourth-order valence-electron chi connectivity index (χ4n) is 2.42. The number of aliphatic hydroxyl groups is 1. The second-order valence-corrected chi connectivity index (χ2v) is 6.07. The number of carboxylic acids is 1. The zero-order chi connectivity index (χ0) is 20.0. The lowest BCUT2D eigenvalue weighted by Gasteiger charge is -2.37. The predicted octanol–water partition coefficient (Wildman–Crippen LogP) is 3.54. The molecule has 0 heterocycles. The van der Waals surface area contributed by atoms with E-state index in [1.807, 2.05) is 74.5 Å². The first-order valence-corrected chi connectivity index (χ1v) is 7.90. The number of carbonyl (C=O) groups is 1. The lowest BCUT2D eigenvalue weighted by molar-refractivity contribution is -0.192. The number of halogens is 3. The number of hydrogen-bond acceptors (Lipinski definition) is 3. The number of benzene rings is 2. The molecule has 0 amide bonds. The van der Waals surface area contributed by atoms with Crippen molar-refractivity contribution in [2.24, 2.45) is 11.7 Å². The summed E-state index contributed by atoms with van der Waals surface area (Å²) in [5, 5.41) is 18.4. The van der Waals surface area contributed by atoms with Gasteiger partial charge in [0.2, 0.25) is 0 Å². The van der Waals surface area contributed by atoms with Gasteiger partial charge in [0.1, 0.15) is 5.60 Å². The van der Waals surface area contributed by atoms with Crippen molar-refractivity contribution in [1.82, 2.24) is 0 Å². The van der Waals surface area contributed by atoms with Crippen molar-refractivity contribution < 1.29 is 28.2 Å². The number of hydrogen-bond donors (Lipinski definition) is 3. The van der Waals surface area contributed by atoms with Crippen LogP contribution in [-0.4, -0.2) is 28.4 Å². The largest absolute Gasteiger partial charge is 0.490 e. The molecular formula is C19H22F3NO3. The molecule has 2 aromatic carbocycles. The summed E-state index contributed by atoms with van der Waals surface area (Å²) in [6.45, 7) is 4.06. The van der Waals surface area contributed by atoms with Gasteiger partial charge in [-0.1, -0.05) is 74.5 Å². The molecule has 26 heavy (non-hydrogen) atoms. The minimum absolute atomic E-state index is 0.172. The summed E-state index contributed by atoms with van der Waals surface area (Å²) in [6.07, 6.45) is -5.08. The second kappa shape index (κ2) is 8.82. The highest BCUT2D eigenvalue weighted by Gasteiger charge is 2.39. The van der Waals surface area contributed by atoms with E-state index >= 15 is 0 Å². The highest BCUT2D eigenvalue weighted by molar-refractivity contribution is 5.73. The number of aliphatic carboxylic acids is 1. The Morgan fingerprint density at radius 3 is 1.46 bits per heavy atom. The van der Waals surface area contributed by atoms with Crippen molar-refractivity contribution in [3.05, 3.63) is 71.8 Å². The van der Waals surface area contributed by atoms with E-state index in [1.165, 1.54) is 0 Å². The van der Waals surface area contributed by atoms with Gasteiger partial charge in [-0.2, -0.15) is 13.2 Å². The van der Waals surface area contributed by atoms with Crippen LogP contribution in [0.15, 0.2) is 60.7 Å². The van der Waals surface area contributed by atoms with Crippen LogP contribution >= 0.6 is 0 Å². The van der Waals surface area contributed by atoms with E-state index in [1.54, 1.807) is 0 Å². The molecular weight excluding hydrogens is 347 g/mol. The Labute approximate surface area is 150 Å². The van der Waals surface area contributed by atoms with Gasteiger partial charge in [-0.3, -0.25) is 0 Å². The number of rotatable bonds is 4. The molecule has 0 unspecified atom stereocenters. The van der Waals surface area contributed by atoms with Gasteiger partial charge in [0, 0.05) is 6.04 Å². The Kier molecular flexibility index (Phi) is 7.35. The van der Waals surface area contributed by atoms with E-state index in [9.17, 15) is 18.3 Å². The van der Waals surface area contributed by atoms with Gasteiger partial charge in [0.15, 0.2) is 0 Å². The lowest BCUT2D eigenvalue weighted by Crippen LogP contribution is -2.49.